The van der Waals surface area contributed by atoms with Crippen LogP contribution in [-0.2, 0) is 20.7 Å². The zero-order valence-electron chi connectivity index (χ0n) is 16.1. The van der Waals surface area contributed by atoms with Gasteiger partial charge >= 0.3 is 5.97 Å². The minimum Gasteiger partial charge on any atom is -0.467 e. The molecule has 1 heterocycles. The summed E-state index contributed by atoms with van der Waals surface area (Å²) in [6.45, 7) is 0.167. The van der Waals surface area contributed by atoms with Crippen LogP contribution in [0.5, 0.6) is 0 Å². The summed E-state index contributed by atoms with van der Waals surface area (Å²) < 4.78 is 4.84. The van der Waals surface area contributed by atoms with Crippen molar-refractivity contribution in [3.8, 4) is 0 Å². The van der Waals surface area contributed by atoms with E-state index in [1.165, 1.54) is 7.11 Å². The van der Waals surface area contributed by atoms with E-state index in [1.54, 1.807) is 24.3 Å². The molecule has 0 unspecified atom stereocenters. The van der Waals surface area contributed by atoms with Crippen molar-refractivity contribution in [3.05, 3.63) is 71.9 Å². The predicted octanol–water partition coefficient (Wildman–Crippen LogP) is 2.19. The van der Waals surface area contributed by atoms with Crippen molar-refractivity contribution >= 4 is 28.7 Å². The van der Waals surface area contributed by atoms with E-state index in [2.05, 4.69) is 15.6 Å². The summed E-state index contributed by atoms with van der Waals surface area (Å²) in [6, 6.07) is 15.7. The third kappa shape index (κ3) is 5.22. The Balaban J connectivity index is 1.56. The maximum atomic E-state index is 12.3. The molecule has 29 heavy (non-hydrogen) atoms. The molecule has 0 spiro atoms. The number of benzene rings is 2. The van der Waals surface area contributed by atoms with E-state index in [9.17, 15) is 14.4 Å². The van der Waals surface area contributed by atoms with Gasteiger partial charge in [-0.1, -0.05) is 36.4 Å². The van der Waals surface area contributed by atoms with Gasteiger partial charge in [0.15, 0.2) is 0 Å². The summed E-state index contributed by atoms with van der Waals surface area (Å²) in [7, 11) is 1.29. The van der Waals surface area contributed by atoms with Gasteiger partial charge in [0.25, 0.3) is 5.91 Å². The van der Waals surface area contributed by atoms with Crippen LogP contribution in [0.4, 0.5) is 0 Å². The van der Waals surface area contributed by atoms with E-state index < -0.39 is 12.0 Å². The van der Waals surface area contributed by atoms with Crippen LogP contribution in [0, 0.1) is 0 Å². The summed E-state index contributed by atoms with van der Waals surface area (Å²) >= 11 is 0. The minimum atomic E-state index is -0.809. The van der Waals surface area contributed by atoms with Crippen molar-refractivity contribution in [1.29, 1.82) is 0 Å². The Morgan fingerprint density at radius 2 is 1.76 bits per heavy atom. The number of carbonyl (C=O) groups excluding carboxylic acids is 3. The first-order chi connectivity index (χ1) is 14.1. The lowest BCUT2D eigenvalue weighted by atomic mass is 10.0. The van der Waals surface area contributed by atoms with Crippen LogP contribution in [0.25, 0.3) is 10.9 Å². The van der Waals surface area contributed by atoms with Gasteiger partial charge in [-0.25, -0.2) is 4.79 Å². The third-order valence-electron chi connectivity index (χ3n) is 4.59. The molecule has 7 heteroatoms. The van der Waals surface area contributed by atoms with Crippen LogP contribution in [0.1, 0.15) is 22.3 Å². The molecule has 2 aromatic carbocycles. The molecule has 3 aromatic rings. The molecule has 2 amide bonds. The molecule has 0 aliphatic rings. The lowest BCUT2D eigenvalue weighted by Crippen LogP contribution is -2.44. The van der Waals surface area contributed by atoms with Gasteiger partial charge in [0, 0.05) is 42.0 Å². The van der Waals surface area contributed by atoms with Gasteiger partial charge in [0.1, 0.15) is 6.04 Å². The Morgan fingerprint density at radius 3 is 2.52 bits per heavy atom. The van der Waals surface area contributed by atoms with Gasteiger partial charge in [-0.3, -0.25) is 9.59 Å². The first-order valence-corrected chi connectivity index (χ1v) is 9.34. The number of esters is 1. The number of nitrogens with one attached hydrogen (secondary N) is 3. The topological polar surface area (TPSA) is 100 Å². The van der Waals surface area contributed by atoms with Crippen LogP contribution in [0.2, 0.25) is 0 Å². The maximum Gasteiger partial charge on any atom is 0.328 e. The first kappa shape index (κ1) is 20.1. The highest BCUT2D eigenvalue weighted by atomic mass is 16.5. The van der Waals surface area contributed by atoms with Crippen LogP contribution >= 0.6 is 0 Å². The van der Waals surface area contributed by atoms with Crippen LogP contribution in [-0.4, -0.2) is 42.5 Å². The average molecular weight is 393 g/mol. The van der Waals surface area contributed by atoms with E-state index in [4.69, 9.17) is 4.74 Å². The summed E-state index contributed by atoms with van der Waals surface area (Å²) in [5.41, 5.74) is 2.40. The summed E-state index contributed by atoms with van der Waals surface area (Å²) in [5, 5.41) is 6.39. The number of rotatable bonds is 8. The lowest BCUT2D eigenvalue weighted by molar-refractivity contribution is -0.145. The Hall–Kier alpha value is -3.61. The number of hydrogen-bond acceptors (Lipinski definition) is 4. The number of para-hydroxylation sites is 1. The lowest BCUT2D eigenvalue weighted by Gasteiger charge is -2.16. The zero-order chi connectivity index (χ0) is 20.6. The number of methoxy groups -OCH3 is 1. The zero-order valence-corrected chi connectivity index (χ0v) is 16.1. The van der Waals surface area contributed by atoms with E-state index >= 15 is 0 Å². The first-order valence-electron chi connectivity index (χ1n) is 9.34. The van der Waals surface area contributed by atoms with Gasteiger partial charge in [-0.2, -0.15) is 0 Å². The van der Waals surface area contributed by atoms with Crippen molar-refractivity contribution in [3.63, 3.8) is 0 Å². The van der Waals surface area contributed by atoms with Gasteiger partial charge in [-0.05, 0) is 23.8 Å². The highest BCUT2D eigenvalue weighted by Crippen LogP contribution is 2.19. The van der Waals surface area contributed by atoms with Crippen LogP contribution < -0.4 is 10.6 Å². The second-order valence-electron chi connectivity index (χ2n) is 6.58. The van der Waals surface area contributed by atoms with E-state index in [-0.39, 0.29) is 24.8 Å². The second-order valence-corrected chi connectivity index (χ2v) is 6.58. The molecule has 1 aromatic heterocycles. The molecular formula is C22H23N3O4. The number of fused-ring (bicyclic) bond motifs is 1. The van der Waals surface area contributed by atoms with Gasteiger partial charge in [0.2, 0.25) is 5.91 Å². The highest BCUT2D eigenvalue weighted by Gasteiger charge is 2.23. The second kappa shape index (κ2) is 9.54. The number of aromatic amines is 1. The monoisotopic (exact) mass is 393 g/mol. The van der Waals surface area contributed by atoms with Crippen molar-refractivity contribution in [2.45, 2.75) is 18.9 Å². The summed E-state index contributed by atoms with van der Waals surface area (Å²) in [6.07, 6.45) is 2.19. The summed E-state index contributed by atoms with van der Waals surface area (Å²) in [4.78, 5) is 39.6. The SMILES string of the molecule is COC(=O)[C@H](Cc1c[nH]c2ccccc12)NC(=O)CCNC(=O)c1ccccc1. The molecule has 0 saturated carbocycles. The molecule has 0 aliphatic heterocycles. The van der Waals surface area contributed by atoms with Crippen molar-refractivity contribution < 1.29 is 19.1 Å². The van der Waals surface area contributed by atoms with Gasteiger partial charge in [-0.15, -0.1) is 0 Å². The summed E-state index contributed by atoms with van der Waals surface area (Å²) in [5.74, 6) is -1.10. The Kier molecular flexibility index (Phi) is 6.63. The molecule has 0 fully saturated rings. The Bertz CT molecular complexity index is 997. The number of carbonyl (C=O) groups is 3. The predicted molar refractivity (Wildman–Crippen MR) is 109 cm³/mol. The van der Waals surface area contributed by atoms with Crippen molar-refractivity contribution in [2.24, 2.45) is 0 Å². The number of aromatic nitrogens is 1. The minimum absolute atomic E-state index is 0.0555. The molecular weight excluding hydrogens is 370 g/mol. The van der Waals surface area contributed by atoms with Crippen LogP contribution in [0.15, 0.2) is 60.8 Å². The fraction of sp³-hybridized carbons (Fsp3) is 0.227. The average Bonchev–Trinajstić information content (AvgIpc) is 3.16. The van der Waals surface area contributed by atoms with Crippen LogP contribution in [0.3, 0.4) is 0 Å². The molecule has 0 aliphatic carbocycles. The quantitative estimate of drug-likeness (QED) is 0.511. The number of amides is 2. The van der Waals surface area contributed by atoms with Crippen molar-refractivity contribution in [1.82, 2.24) is 15.6 Å². The molecule has 7 nitrogen and oxygen atoms in total. The molecule has 0 bridgehead atoms. The molecule has 0 radical (unpaired) electrons. The normalized spacial score (nSPS) is 11.6. The van der Waals surface area contributed by atoms with Gasteiger partial charge in [0.05, 0.1) is 7.11 Å². The number of ether oxygens (including phenoxy) is 1. The van der Waals surface area contributed by atoms with Gasteiger partial charge < -0.3 is 20.4 Å². The number of H-pyrrole nitrogens is 1. The fourth-order valence-corrected chi connectivity index (χ4v) is 3.10. The molecule has 3 rings (SSSR count). The van der Waals surface area contributed by atoms with Crippen molar-refractivity contribution in [2.75, 3.05) is 13.7 Å². The molecule has 1 atom stereocenters. The molecule has 3 N–H and O–H groups in total. The standard InChI is InChI=1S/C22H23N3O4/c1-29-22(28)19(13-16-14-24-18-10-6-5-9-17(16)18)25-20(26)11-12-23-21(27)15-7-3-2-4-8-15/h2-10,14,19,24H,11-13H2,1H3,(H,23,27)(H,25,26)/t19-/m0/s1. The third-order valence-corrected chi connectivity index (χ3v) is 4.59. The smallest absolute Gasteiger partial charge is 0.328 e. The fourth-order valence-electron chi connectivity index (χ4n) is 3.10. The largest absolute Gasteiger partial charge is 0.467 e. The van der Waals surface area contributed by atoms with E-state index in [0.717, 1.165) is 16.5 Å². The Morgan fingerprint density at radius 1 is 1.03 bits per heavy atom. The number of hydrogen-bond donors (Lipinski definition) is 3. The molecule has 0 saturated heterocycles. The highest BCUT2D eigenvalue weighted by molar-refractivity contribution is 5.94. The van der Waals surface area contributed by atoms with E-state index in [1.807, 2.05) is 36.5 Å². The Labute approximate surface area is 168 Å². The van der Waals surface area contributed by atoms with E-state index in [0.29, 0.717) is 12.0 Å². The molecule has 150 valence electrons. The maximum absolute atomic E-state index is 12.3.